The van der Waals surface area contributed by atoms with Crippen molar-refractivity contribution in [1.82, 2.24) is 4.98 Å². The van der Waals surface area contributed by atoms with E-state index in [2.05, 4.69) is 30.7 Å². The maximum Gasteiger partial charge on any atom is 0.0527 e. The van der Waals surface area contributed by atoms with Crippen LogP contribution in [0.5, 0.6) is 0 Å². The van der Waals surface area contributed by atoms with Crippen LogP contribution in [0.2, 0.25) is 0 Å². The Morgan fingerprint density at radius 2 is 2.08 bits per heavy atom. The average Bonchev–Trinajstić information content (AvgIpc) is 2.03. The van der Waals surface area contributed by atoms with Crippen LogP contribution < -0.4 is 0 Å². The molecule has 0 N–H and O–H groups in total. The van der Waals surface area contributed by atoms with Crippen LogP contribution in [0.1, 0.15) is 33.3 Å². The number of hydrogen-bond acceptors (Lipinski definition) is 2. The zero-order valence-corrected chi connectivity index (χ0v) is 8.70. The van der Waals surface area contributed by atoms with Crippen LogP contribution in [0, 0.1) is 0 Å². The van der Waals surface area contributed by atoms with Gasteiger partial charge in [0.25, 0.3) is 0 Å². The minimum Gasteiger partial charge on any atom is -0.284 e. The van der Waals surface area contributed by atoms with Crippen LogP contribution in [-0.2, 0) is 0 Å². The lowest BCUT2D eigenvalue weighted by Crippen LogP contribution is -2.13. The Morgan fingerprint density at radius 1 is 1.38 bits per heavy atom. The zero-order chi connectivity index (χ0) is 9.90. The first-order valence-corrected chi connectivity index (χ1v) is 4.46. The molecule has 0 aliphatic heterocycles. The molecular weight excluding hydrogens is 160 g/mol. The molecule has 13 heavy (non-hydrogen) atoms. The third-order valence-corrected chi connectivity index (χ3v) is 1.58. The number of nitrogens with zero attached hydrogens (tertiary/aromatic N) is 2. The largest absolute Gasteiger partial charge is 0.284 e. The number of rotatable bonds is 1. The molecule has 0 bridgehead atoms. The monoisotopic (exact) mass is 176 g/mol. The van der Waals surface area contributed by atoms with E-state index in [9.17, 15) is 0 Å². The van der Waals surface area contributed by atoms with Gasteiger partial charge in [0.05, 0.1) is 5.54 Å². The molecule has 2 nitrogen and oxygen atoms in total. The molecule has 2 heteroatoms. The van der Waals surface area contributed by atoms with Crippen LogP contribution in [0.25, 0.3) is 0 Å². The minimum absolute atomic E-state index is 0.0140. The Morgan fingerprint density at radius 3 is 2.54 bits per heavy atom. The lowest BCUT2D eigenvalue weighted by molar-refractivity contribution is 0.584. The highest BCUT2D eigenvalue weighted by molar-refractivity contribution is 5.98. The van der Waals surface area contributed by atoms with Crippen molar-refractivity contribution < 1.29 is 0 Å². The Bertz CT molecular complexity index is 294. The molecule has 0 amide bonds. The number of aromatic nitrogens is 1. The second-order valence-corrected chi connectivity index (χ2v) is 4.11. The molecule has 0 saturated carbocycles. The van der Waals surface area contributed by atoms with Gasteiger partial charge in [-0.2, -0.15) is 0 Å². The summed E-state index contributed by atoms with van der Waals surface area (Å²) in [5.41, 5.74) is 2.12. The molecule has 1 aromatic rings. The maximum absolute atomic E-state index is 4.56. The van der Waals surface area contributed by atoms with Gasteiger partial charge in [-0.3, -0.25) is 9.98 Å². The fraction of sp³-hybridized carbons (Fsp3) is 0.455. The van der Waals surface area contributed by atoms with Gasteiger partial charge in [-0.1, -0.05) is 6.07 Å². The molecule has 0 saturated heterocycles. The lowest BCUT2D eigenvalue weighted by Gasteiger charge is -2.13. The van der Waals surface area contributed by atoms with Gasteiger partial charge in [0.2, 0.25) is 0 Å². The van der Waals surface area contributed by atoms with Crippen LogP contribution in [0.3, 0.4) is 0 Å². The summed E-state index contributed by atoms with van der Waals surface area (Å²) in [6.07, 6.45) is 3.61. The van der Waals surface area contributed by atoms with Gasteiger partial charge >= 0.3 is 0 Å². The Kier molecular flexibility index (Phi) is 2.81. The highest BCUT2D eigenvalue weighted by atomic mass is 14.8. The summed E-state index contributed by atoms with van der Waals surface area (Å²) in [7, 11) is 0. The molecule has 70 valence electrons. The average molecular weight is 176 g/mol. The van der Waals surface area contributed by atoms with Gasteiger partial charge in [-0.05, 0) is 33.8 Å². The van der Waals surface area contributed by atoms with Crippen LogP contribution >= 0.6 is 0 Å². The smallest absolute Gasteiger partial charge is 0.0527 e. The highest BCUT2D eigenvalue weighted by Gasteiger charge is 2.08. The van der Waals surface area contributed by atoms with Crippen LogP contribution in [0.15, 0.2) is 29.5 Å². The van der Waals surface area contributed by atoms with Crippen molar-refractivity contribution >= 4 is 5.71 Å². The fourth-order valence-corrected chi connectivity index (χ4v) is 1.14. The SMILES string of the molecule is CC(=NC(C)(C)C)c1cccnc1. The van der Waals surface area contributed by atoms with Crippen LogP contribution in [0.4, 0.5) is 0 Å². The zero-order valence-electron chi connectivity index (χ0n) is 8.70. The van der Waals surface area contributed by atoms with Gasteiger partial charge in [0, 0.05) is 23.7 Å². The van der Waals surface area contributed by atoms with E-state index in [1.807, 2.05) is 25.3 Å². The maximum atomic E-state index is 4.56. The summed E-state index contributed by atoms with van der Waals surface area (Å²) in [6.45, 7) is 8.29. The third-order valence-electron chi connectivity index (χ3n) is 1.58. The highest BCUT2D eigenvalue weighted by Crippen LogP contribution is 2.09. The summed E-state index contributed by atoms with van der Waals surface area (Å²) in [5, 5.41) is 0. The molecule has 1 aromatic heterocycles. The number of aliphatic imine (C=N–C) groups is 1. The molecule has 0 spiro atoms. The first-order valence-electron chi connectivity index (χ1n) is 4.46. The molecule has 0 aliphatic rings. The molecule has 0 unspecified atom stereocenters. The molecule has 0 aromatic carbocycles. The Labute approximate surface area is 79.7 Å². The molecular formula is C11H16N2. The third kappa shape index (κ3) is 3.36. The van der Waals surface area contributed by atoms with E-state index in [-0.39, 0.29) is 5.54 Å². The molecule has 1 heterocycles. The van der Waals surface area contributed by atoms with E-state index in [0.717, 1.165) is 11.3 Å². The predicted octanol–water partition coefficient (Wildman–Crippen LogP) is 2.69. The van der Waals surface area contributed by atoms with Crippen molar-refractivity contribution in [2.75, 3.05) is 0 Å². The molecule has 0 fully saturated rings. The summed E-state index contributed by atoms with van der Waals surface area (Å²) < 4.78 is 0. The molecule has 0 radical (unpaired) electrons. The second-order valence-electron chi connectivity index (χ2n) is 4.11. The number of hydrogen-bond donors (Lipinski definition) is 0. The predicted molar refractivity (Wildman–Crippen MR) is 56.2 cm³/mol. The van der Waals surface area contributed by atoms with Crippen LogP contribution in [-0.4, -0.2) is 16.2 Å². The van der Waals surface area contributed by atoms with Crippen molar-refractivity contribution in [3.05, 3.63) is 30.1 Å². The van der Waals surface area contributed by atoms with Crippen molar-refractivity contribution in [3.8, 4) is 0 Å². The van der Waals surface area contributed by atoms with Gasteiger partial charge in [0.1, 0.15) is 0 Å². The van der Waals surface area contributed by atoms with Crippen molar-refractivity contribution in [3.63, 3.8) is 0 Å². The quantitative estimate of drug-likeness (QED) is 0.604. The van der Waals surface area contributed by atoms with Gasteiger partial charge in [-0.15, -0.1) is 0 Å². The second kappa shape index (κ2) is 3.69. The first-order chi connectivity index (χ1) is 5.99. The van der Waals surface area contributed by atoms with Crippen molar-refractivity contribution in [2.45, 2.75) is 33.2 Å². The minimum atomic E-state index is -0.0140. The van der Waals surface area contributed by atoms with Crippen molar-refractivity contribution in [1.29, 1.82) is 0 Å². The standard InChI is InChI=1S/C11H16N2/c1-9(13-11(2,3)4)10-6-5-7-12-8-10/h5-8H,1-4H3. The van der Waals surface area contributed by atoms with E-state index < -0.39 is 0 Å². The van der Waals surface area contributed by atoms with E-state index in [0.29, 0.717) is 0 Å². The molecule has 0 atom stereocenters. The topological polar surface area (TPSA) is 25.2 Å². The van der Waals surface area contributed by atoms with Gasteiger partial charge in [-0.25, -0.2) is 0 Å². The van der Waals surface area contributed by atoms with E-state index >= 15 is 0 Å². The molecule has 0 aliphatic carbocycles. The summed E-state index contributed by atoms with van der Waals surface area (Å²) in [4.78, 5) is 8.61. The fourth-order valence-electron chi connectivity index (χ4n) is 1.14. The summed E-state index contributed by atoms with van der Waals surface area (Å²) in [5.74, 6) is 0. The number of pyridine rings is 1. The van der Waals surface area contributed by atoms with E-state index in [1.165, 1.54) is 0 Å². The van der Waals surface area contributed by atoms with Gasteiger partial charge < -0.3 is 0 Å². The van der Waals surface area contributed by atoms with E-state index in [4.69, 9.17) is 0 Å². The van der Waals surface area contributed by atoms with Gasteiger partial charge in [0.15, 0.2) is 0 Å². The first kappa shape index (κ1) is 9.90. The lowest BCUT2D eigenvalue weighted by atomic mass is 10.1. The normalized spacial score (nSPS) is 13.1. The Hall–Kier alpha value is -1.18. The Balaban J connectivity index is 2.92. The van der Waals surface area contributed by atoms with Crippen molar-refractivity contribution in [2.24, 2.45) is 4.99 Å². The summed E-state index contributed by atoms with van der Waals surface area (Å²) in [6, 6.07) is 3.95. The molecule has 1 rings (SSSR count). The van der Waals surface area contributed by atoms with E-state index in [1.54, 1.807) is 6.20 Å². The summed E-state index contributed by atoms with van der Waals surface area (Å²) >= 11 is 0.